The third-order valence-electron chi connectivity index (χ3n) is 4.15. The average Bonchev–Trinajstić information content (AvgIpc) is 3.02. The van der Waals surface area contributed by atoms with E-state index in [2.05, 4.69) is 0 Å². The van der Waals surface area contributed by atoms with E-state index in [0.717, 1.165) is 37.7 Å². The molecule has 0 radical (unpaired) electrons. The maximum atomic E-state index is 12.5. The van der Waals surface area contributed by atoms with E-state index >= 15 is 0 Å². The number of benzene rings is 1. The molecular formula is C17H22O3. The molecule has 1 aromatic rings. The van der Waals surface area contributed by atoms with Crippen molar-refractivity contribution in [2.75, 3.05) is 7.11 Å². The van der Waals surface area contributed by atoms with Crippen LogP contribution < -0.4 is 0 Å². The second-order valence-corrected chi connectivity index (χ2v) is 5.48. The second-order valence-electron chi connectivity index (χ2n) is 5.48. The molecule has 1 fully saturated rings. The Bertz CT molecular complexity index is 447. The average molecular weight is 274 g/mol. The second kappa shape index (κ2) is 7.22. The zero-order valence-electron chi connectivity index (χ0n) is 12.0. The van der Waals surface area contributed by atoms with Crippen molar-refractivity contribution < 1.29 is 14.3 Å². The molecular weight excluding hydrogens is 252 g/mol. The van der Waals surface area contributed by atoms with E-state index in [1.165, 1.54) is 7.11 Å². The number of hydrogen-bond acceptors (Lipinski definition) is 3. The highest BCUT2D eigenvalue weighted by atomic mass is 16.5. The van der Waals surface area contributed by atoms with Gasteiger partial charge in [-0.05, 0) is 31.2 Å². The van der Waals surface area contributed by atoms with Gasteiger partial charge >= 0.3 is 5.97 Å². The Morgan fingerprint density at radius 3 is 2.45 bits per heavy atom. The fourth-order valence-electron chi connectivity index (χ4n) is 2.97. The molecule has 0 saturated heterocycles. The molecule has 0 aliphatic heterocycles. The summed E-state index contributed by atoms with van der Waals surface area (Å²) in [6.45, 7) is 0. The van der Waals surface area contributed by atoms with Gasteiger partial charge in [0.2, 0.25) is 0 Å². The summed E-state index contributed by atoms with van der Waals surface area (Å²) in [6.07, 6.45) is 5.34. The molecule has 1 unspecified atom stereocenters. The normalized spacial score (nSPS) is 16.9. The van der Waals surface area contributed by atoms with E-state index in [0.29, 0.717) is 6.42 Å². The minimum absolute atomic E-state index is 0.0647. The topological polar surface area (TPSA) is 43.4 Å². The van der Waals surface area contributed by atoms with Gasteiger partial charge in [-0.25, -0.2) is 0 Å². The van der Waals surface area contributed by atoms with E-state index in [4.69, 9.17) is 4.74 Å². The quantitative estimate of drug-likeness (QED) is 0.591. The van der Waals surface area contributed by atoms with Gasteiger partial charge in [0.25, 0.3) is 0 Å². The van der Waals surface area contributed by atoms with Crippen molar-refractivity contribution in [2.45, 2.75) is 38.5 Å². The van der Waals surface area contributed by atoms with Crippen LogP contribution in [0.25, 0.3) is 0 Å². The Kier molecular flexibility index (Phi) is 5.33. The van der Waals surface area contributed by atoms with Gasteiger partial charge < -0.3 is 4.74 Å². The first kappa shape index (κ1) is 14.8. The van der Waals surface area contributed by atoms with Gasteiger partial charge in [0.05, 0.1) is 7.11 Å². The molecule has 2 rings (SSSR count). The molecule has 1 aromatic carbocycles. The van der Waals surface area contributed by atoms with Crippen LogP contribution in [-0.2, 0) is 20.7 Å². The molecule has 0 aromatic heterocycles. The van der Waals surface area contributed by atoms with Crippen molar-refractivity contribution in [3.63, 3.8) is 0 Å². The predicted molar refractivity (Wildman–Crippen MR) is 77.2 cm³/mol. The van der Waals surface area contributed by atoms with Crippen LogP contribution in [0, 0.1) is 11.8 Å². The van der Waals surface area contributed by atoms with Crippen LogP contribution in [-0.4, -0.2) is 18.9 Å². The largest absolute Gasteiger partial charge is 0.468 e. The Hall–Kier alpha value is -1.64. The van der Waals surface area contributed by atoms with Crippen molar-refractivity contribution in [1.82, 2.24) is 0 Å². The lowest BCUT2D eigenvalue weighted by Gasteiger charge is -2.17. The van der Waals surface area contributed by atoms with Crippen molar-refractivity contribution in [3.8, 4) is 0 Å². The molecule has 3 nitrogen and oxygen atoms in total. The molecule has 3 heteroatoms. The fourth-order valence-corrected chi connectivity index (χ4v) is 2.97. The Labute approximate surface area is 120 Å². The molecule has 1 atom stereocenters. The highest BCUT2D eigenvalue weighted by Gasteiger charge is 2.34. The molecule has 1 saturated carbocycles. The summed E-state index contributed by atoms with van der Waals surface area (Å²) in [5.74, 6) is -0.818. The van der Waals surface area contributed by atoms with Crippen LogP contribution in [0.15, 0.2) is 30.3 Å². The summed E-state index contributed by atoms with van der Waals surface area (Å²) >= 11 is 0. The van der Waals surface area contributed by atoms with Gasteiger partial charge in [0, 0.05) is 5.92 Å². The number of hydrogen-bond donors (Lipinski definition) is 0. The lowest BCUT2D eigenvalue weighted by molar-refractivity contribution is -0.150. The summed E-state index contributed by atoms with van der Waals surface area (Å²) in [5, 5.41) is 0. The van der Waals surface area contributed by atoms with Crippen LogP contribution >= 0.6 is 0 Å². The maximum absolute atomic E-state index is 12.5. The number of rotatable bonds is 6. The first-order chi connectivity index (χ1) is 9.72. The number of ether oxygens (including phenoxy) is 1. The summed E-state index contributed by atoms with van der Waals surface area (Å²) in [6, 6.07) is 9.95. The number of carbonyl (C=O) groups is 2. The minimum Gasteiger partial charge on any atom is -0.468 e. The van der Waals surface area contributed by atoms with Gasteiger partial charge in [-0.1, -0.05) is 43.2 Å². The molecule has 0 N–H and O–H groups in total. The molecule has 0 amide bonds. The summed E-state index contributed by atoms with van der Waals surface area (Å²) in [7, 11) is 1.36. The van der Waals surface area contributed by atoms with E-state index in [1.807, 2.05) is 30.3 Å². The third kappa shape index (κ3) is 3.69. The van der Waals surface area contributed by atoms with Crippen LogP contribution in [0.4, 0.5) is 0 Å². The lowest BCUT2D eigenvalue weighted by Crippen LogP contribution is -2.30. The van der Waals surface area contributed by atoms with E-state index in [9.17, 15) is 9.59 Å². The Morgan fingerprint density at radius 2 is 1.85 bits per heavy atom. The predicted octanol–water partition coefficient (Wildman–Crippen LogP) is 3.17. The van der Waals surface area contributed by atoms with Gasteiger partial charge in [-0.15, -0.1) is 0 Å². The van der Waals surface area contributed by atoms with Crippen molar-refractivity contribution in [2.24, 2.45) is 11.8 Å². The van der Waals surface area contributed by atoms with E-state index < -0.39 is 5.92 Å². The Morgan fingerprint density at radius 1 is 1.20 bits per heavy atom. The Balaban J connectivity index is 2.00. The van der Waals surface area contributed by atoms with Crippen LogP contribution in [0.3, 0.4) is 0 Å². The minimum atomic E-state index is -0.594. The maximum Gasteiger partial charge on any atom is 0.316 e. The van der Waals surface area contributed by atoms with Gasteiger partial charge in [0.1, 0.15) is 11.7 Å². The van der Waals surface area contributed by atoms with Crippen molar-refractivity contribution in [3.05, 3.63) is 35.9 Å². The third-order valence-corrected chi connectivity index (χ3v) is 4.15. The number of ketones is 1. The molecule has 0 bridgehead atoms. The standard InChI is InChI=1S/C17H22O3/c1-20-17(19)15(16(18)14-9-5-6-10-14)12-11-13-7-3-2-4-8-13/h2-4,7-8,14-15H,5-6,9-12H2,1H3. The number of Topliss-reactive ketones (excluding diaryl/α,β-unsaturated/α-hetero) is 1. The fraction of sp³-hybridized carbons (Fsp3) is 0.529. The zero-order chi connectivity index (χ0) is 14.4. The highest BCUT2D eigenvalue weighted by Crippen LogP contribution is 2.29. The lowest BCUT2D eigenvalue weighted by atomic mass is 9.87. The monoisotopic (exact) mass is 274 g/mol. The molecule has 20 heavy (non-hydrogen) atoms. The molecule has 1 aliphatic rings. The van der Waals surface area contributed by atoms with Crippen molar-refractivity contribution in [1.29, 1.82) is 0 Å². The smallest absolute Gasteiger partial charge is 0.316 e. The number of aryl methyl sites for hydroxylation is 1. The van der Waals surface area contributed by atoms with Crippen LogP contribution in [0.5, 0.6) is 0 Å². The van der Waals surface area contributed by atoms with Gasteiger partial charge in [0.15, 0.2) is 0 Å². The van der Waals surface area contributed by atoms with Crippen LogP contribution in [0.1, 0.15) is 37.7 Å². The highest BCUT2D eigenvalue weighted by molar-refractivity contribution is 6.00. The number of carbonyl (C=O) groups excluding carboxylic acids is 2. The zero-order valence-corrected chi connectivity index (χ0v) is 12.0. The number of esters is 1. The van der Waals surface area contributed by atoms with E-state index in [1.54, 1.807) is 0 Å². The summed E-state index contributed by atoms with van der Waals surface area (Å²) in [4.78, 5) is 24.4. The van der Waals surface area contributed by atoms with Crippen LogP contribution in [0.2, 0.25) is 0 Å². The van der Waals surface area contributed by atoms with E-state index in [-0.39, 0.29) is 17.7 Å². The first-order valence-corrected chi connectivity index (χ1v) is 7.38. The SMILES string of the molecule is COC(=O)C(CCc1ccccc1)C(=O)C1CCCC1. The molecule has 0 spiro atoms. The summed E-state index contributed by atoms with van der Waals surface area (Å²) in [5.41, 5.74) is 1.15. The first-order valence-electron chi connectivity index (χ1n) is 7.38. The van der Waals surface area contributed by atoms with Gasteiger partial charge in [-0.2, -0.15) is 0 Å². The number of methoxy groups -OCH3 is 1. The molecule has 108 valence electrons. The summed E-state index contributed by atoms with van der Waals surface area (Å²) < 4.78 is 4.82. The molecule has 1 aliphatic carbocycles. The molecule has 0 heterocycles. The van der Waals surface area contributed by atoms with Gasteiger partial charge in [-0.3, -0.25) is 9.59 Å². The van der Waals surface area contributed by atoms with Crippen molar-refractivity contribution >= 4 is 11.8 Å².